The van der Waals surface area contributed by atoms with Gasteiger partial charge in [-0.15, -0.1) is 0 Å². The number of nitrogen functional groups attached to an aromatic ring is 1. The van der Waals surface area contributed by atoms with Gasteiger partial charge in [0.25, 0.3) is 0 Å². The molecule has 0 saturated heterocycles. The van der Waals surface area contributed by atoms with Gasteiger partial charge in [0.2, 0.25) is 17.7 Å². The molecule has 3 N–H and O–H groups in total. The second-order valence-corrected chi connectivity index (χ2v) is 2.64. The summed E-state index contributed by atoms with van der Waals surface area (Å²) in [5.74, 6) is 0.414. The van der Waals surface area contributed by atoms with E-state index in [9.17, 15) is 5.11 Å². The van der Waals surface area contributed by atoms with E-state index in [1.54, 1.807) is 0 Å². The third-order valence-corrected chi connectivity index (χ3v) is 1.77. The minimum absolute atomic E-state index is 0.0492. The molecule has 2 rings (SSSR count). The molecule has 0 aromatic carbocycles. The van der Waals surface area contributed by atoms with Crippen LogP contribution in [0.1, 0.15) is 12.0 Å². The Morgan fingerprint density at radius 3 is 3.08 bits per heavy atom. The van der Waals surface area contributed by atoms with E-state index in [1.807, 2.05) is 0 Å². The molecule has 64 valence electrons. The third kappa shape index (κ3) is 1.03. The van der Waals surface area contributed by atoms with Crippen LogP contribution in [0.25, 0.3) is 0 Å². The molecular formula is C7H9N3O2. The minimum atomic E-state index is -0.0581. The lowest BCUT2D eigenvalue weighted by Gasteiger charge is -2.15. The van der Waals surface area contributed by atoms with Gasteiger partial charge >= 0.3 is 0 Å². The predicted octanol–water partition coefficient (Wildman–Crippen LogP) is 0.0894. The summed E-state index contributed by atoms with van der Waals surface area (Å²) in [7, 11) is 0. The van der Waals surface area contributed by atoms with Gasteiger partial charge in [-0.25, -0.2) is 0 Å². The minimum Gasteiger partial charge on any atom is -0.493 e. The Morgan fingerprint density at radius 2 is 2.25 bits per heavy atom. The van der Waals surface area contributed by atoms with E-state index in [0.717, 1.165) is 12.8 Å². The quantitative estimate of drug-likeness (QED) is 0.572. The first-order chi connectivity index (χ1) is 5.77. The summed E-state index contributed by atoms with van der Waals surface area (Å²) >= 11 is 0. The molecule has 0 spiro atoms. The highest BCUT2D eigenvalue weighted by molar-refractivity contribution is 5.40. The molecule has 0 fully saturated rings. The zero-order valence-corrected chi connectivity index (χ0v) is 6.45. The maximum Gasteiger partial charge on any atom is 0.226 e. The Hall–Kier alpha value is -1.52. The number of nitrogens with zero attached hydrogens (tertiary/aromatic N) is 2. The number of aromatic hydroxyl groups is 1. The van der Waals surface area contributed by atoms with Gasteiger partial charge in [-0.05, 0) is 12.8 Å². The fourth-order valence-electron chi connectivity index (χ4n) is 1.22. The number of aromatic nitrogens is 2. The van der Waals surface area contributed by atoms with E-state index >= 15 is 0 Å². The molecule has 12 heavy (non-hydrogen) atoms. The van der Waals surface area contributed by atoms with Gasteiger partial charge in [0.1, 0.15) is 0 Å². The molecule has 0 unspecified atom stereocenters. The highest BCUT2D eigenvalue weighted by Crippen LogP contribution is 2.29. The Kier molecular flexibility index (Phi) is 1.49. The van der Waals surface area contributed by atoms with Crippen LogP contribution in [-0.4, -0.2) is 21.7 Å². The summed E-state index contributed by atoms with van der Waals surface area (Å²) in [6.45, 7) is 0.628. The molecule has 0 radical (unpaired) electrons. The highest BCUT2D eigenvalue weighted by Gasteiger charge is 2.17. The number of rotatable bonds is 0. The van der Waals surface area contributed by atoms with Crippen molar-refractivity contribution in [3.63, 3.8) is 0 Å². The van der Waals surface area contributed by atoms with Gasteiger partial charge in [-0.2, -0.15) is 9.97 Å². The molecule has 0 amide bonds. The van der Waals surface area contributed by atoms with Crippen molar-refractivity contribution in [1.29, 1.82) is 0 Å². The molecule has 0 atom stereocenters. The zero-order chi connectivity index (χ0) is 8.55. The molecule has 1 aliphatic heterocycles. The SMILES string of the molecule is Nc1nc(O)c2c(n1)OCCC2. The number of hydrogen-bond donors (Lipinski definition) is 2. The Morgan fingerprint density at radius 1 is 1.42 bits per heavy atom. The van der Waals surface area contributed by atoms with Crippen LogP contribution in [0.4, 0.5) is 5.95 Å². The second kappa shape index (κ2) is 2.51. The second-order valence-electron chi connectivity index (χ2n) is 2.64. The van der Waals surface area contributed by atoms with Crippen molar-refractivity contribution in [3.8, 4) is 11.8 Å². The smallest absolute Gasteiger partial charge is 0.226 e. The standard InChI is InChI=1S/C7H9N3O2/c8-7-9-5(11)4-2-1-3-12-6(4)10-7/h1-3H2,(H3,8,9,10,11). The van der Waals surface area contributed by atoms with E-state index in [2.05, 4.69) is 9.97 Å². The number of hydrogen-bond acceptors (Lipinski definition) is 5. The molecular weight excluding hydrogens is 158 g/mol. The van der Waals surface area contributed by atoms with Crippen molar-refractivity contribution < 1.29 is 9.84 Å². The number of anilines is 1. The zero-order valence-electron chi connectivity index (χ0n) is 6.45. The fourth-order valence-corrected chi connectivity index (χ4v) is 1.22. The largest absolute Gasteiger partial charge is 0.493 e. The van der Waals surface area contributed by atoms with E-state index < -0.39 is 0 Å². The van der Waals surface area contributed by atoms with Crippen LogP contribution in [0.15, 0.2) is 0 Å². The maximum absolute atomic E-state index is 9.33. The lowest BCUT2D eigenvalue weighted by molar-refractivity contribution is 0.270. The molecule has 5 heteroatoms. The van der Waals surface area contributed by atoms with E-state index in [4.69, 9.17) is 10.5 Å². The van der Waals surface area contributed by atoms with Gasteiger partial charge in [-0.1, -0.05) is 0 Å². The number of fused-ring (bicyclic) bond motifs is 1. The fraction of sp³-hybridized carbons (Fsp3) is 0.429. The van der Waals surface area contributed by atoms with Gasteiger partial charge in [0, 0.05) is 0 Å². The van der Waals surface area contributed by atoms with Crippen LogP contribution in [0.2, 0.25) is 0 Å². The molecule has 1 aromatic heterocycles. The molecule has 2 heterocycles. The van der Waals surface area contributed by atoms with Crippen molar-refractivity contribution in [2.45, 2.75) is 12.8 Å². The van der Waals surface area contributed by atoms with Crippen LogP contribution in [0.5, 0.6) is 11.8 Å². The van der Waals surface area contributed by atoms with Crippen molar-refractivity contribution in [3.05, 3.63) is 5.56 Å². The van der Waals surface area contributed by atoms with Crippen molar-refractivity contribution in [2.24, 2.45) is 0 Å². The van der Waals surface area contributed by atoms with Crippen LogP contribution >= 0.6 is 0 Å². The average Bonchev–Trinajstić information content (AvgIpc) is 2.04. The summed E-state index contributed by atoms with van der Waals surface area (Å²) in [6, 6.07) is 0. The first-order valence-corrected chi connectivity index (χ1v) is 3.75. The van der Waals surface area contributed by atoms with E-state index in [-0.39, 0.29) is 11.8 Å². The molecule has 5 nitrogen and oxygen atoms in total. The summed E-state index contributed by atoms with van der Waals surface area (Å²) in [6.07, 6.45) is 1.63. The first-order valence-electron chi connectivity index (χ1n) is 3.75. The Labute approximate surface area is 69.2 Å². The Bertz CT molecular complexity index is 314. The van der Waals surface area contributed by atoms with Crippen LogP contribution in [0, 0.1) is 0 Å². The molecule has 1 aromatic rings. The van der Waals surface area contributed by atoms with Crippen molar-refractivity contribution >= 4 is 5.95 Å². The van der Waals surface area contributed by atoms with Gasteiger partial charge in [0.05, 0.1) is 12.2 Å². The number of ether oxygens (including phenoxy) is 1. The summed E-state index contributed by atoms with van der Waals surface area (Å²) < 4.78 is 5.19. The molecule has 0 aliphatic carbocycles. The summed E-state index contributed by atoms with van der Waals surface area (Å²) in [5.41, 5.74) is 5.98. The number of nitrogens with two attached hydrogens (primary N) is 1. The van der Waals surface area contributed by atoms with Crippen molar-refractivity contribution in [1.82, 2.24) is 9.97 Å². The normalized spacial score (nSPS) is 15.0. The monoisotopic (exact) mass is 167 g/mol. The lowest BCUT2D eigenvalue weighted by Crippen LogP contribution is -2.12. The average molecular weight is 167 g/mol. The molecule has 1 aliphatic rings. The topological polar surface area (TPSA) is 81.3 Å². The van der Waals surface area contributed by atoms with Crippen LogP contribution < -0.4 is 10.5 Å². The third-order valence-electron chi connectivity index (χ3n) is 1.77. The summed E-state index contributed by atoms with van der Waals surface area (Å²) in [5, 5.41) is 9.33. The van der Waals surface area contributed by atoms with Crippen LogP contribution in [0.3, 0.4) is 0 Å². The first kappa shape index (κ1) is 7.15. The Balaban J connectivity index is 2.53. The van der Waals surface area contributed by atoms with Crippen molar-refractivity contribution in [2.75, 3.05) is 12.3 Å². The van der Waals surface area contributed by atoms with Gasteiger partial charge in [-0.3, -0.25) is 0 Å². The van der Waals surface area contributed by atoms with E-state index in [1.165, 1.54) is 0 Å². The highest BCUT2D eigenvalue weighted by atomic mass is 16.5. The predicted molar refractivity (Wildman–Crippen MR) is 41.9 cm³/mol. The van der Waals surface area contributed by atoms with E-state index in [0.29, 0.717) is 18.1 Å². The maximum atomic E-state index is 9.33. The summed E-state index contributed by atoms with van der Waals surface area (Å²) in [4.78, 5) is 7.49. The van der Waals surface area contributed by atoms with Gasteiger partial charge in [0.15, 0.2) is 0 Å². The molecule has 0 saturated carbocycles. The lowest BCUT2D eigenvalue weighted by atomic mass is 10.1. The van der Waals surface area contributed by atoms with Crippen LogP contribution in [-0.2, 0) is 6.42 Å². The molecule has 0 bridgehead atoms. The van der Waals surface area contributed by atoms with Gasteiger partial charge < -0.3 is 15.6 Å².